The van der Waals surface area contributed by atoms with Crippen LogP contribution in [-0.4, -0.2) is 27.3 Å². The number of hydrogen-bond acceptors (Lipinski definition) is 7. The largest absolute Gasteiger partial charge is 0.463 e. The third kappa shape index (κ3) is 2.43. The maximum Gasteiger partial charge on any atom is 0.270 e. The van der Waals surface area contributed by atoms with E-state index in [1.807, 2.05) is 0 Å². The van der Waals surface area contributed by atoms with Crippen molar-refractivity contribution < 1.29 is 17.2 Å². The van der Waals surface area contributed by atoms with E-state index in [4.69, 9.17) is 10.2 Å². The molecule has 0 aliphatic heterocycles. The van der Waals surface area contributed by atoms with E-state index in [1.165, 1.54) is 6.26 Å². The molecule has 4 aromatic rings. The second-order valence-corrected chi connectivity index (χ2v) is 6.89. The van der Waals surface area contributed by atoms with Gasteiger partial charge in [0.05, 0.1) is 11.2 Å². The van der Waals surface area contributed by atoms with Gasteiger partial charge in [-0.05, 0) is 36.4 Å². The minimum atomic E-state index is -4.03. The number of fused-ring (bicyclic) bond motifs is 1. The van der Waals surface area contributed by atoms with Gasteiger partial charge in [0.2, 0.25) is 5.95 Å². The van der Waals surface area contributed by atoms with Crippen molar-refractivity contribution >= 4 is 27.1 Å². The SMILES string of the molecule is Nc1nc(-c2ccco2)c2ncn(S(=O)(=O)c3ccc(F)cc3)c2n1. The van der Waals surface area contributed by atoms with Gasteiger partial charge in [0, 0.05) is 0 Å². The van der Waals surface area contributed by atoms with Gasteiger partial charge in [-0.15, -0.1) is 0 Å². The molecule has 0 aliphatic carbocycles. The van der Waals surface area contributed by atoms with Crippen LogP contribution in [0.5, 0.6) is 0 Å². The molecule has 8 nitrogen and oxygen atoms in total. The monoisotopic (exact) mass is 359 g/mol. The lowest BCUT2D eigenvalue weighted by Gasteiger charge is -2.07. The van der Waals surface area contributed by atoms with Crippen molar-refractivity contribution in [3.8, 4) is 11.5 Å². The van der Waals surface area contributed by atoms with E-state index >= 15 is 0 Å². The Bertz CT molecular complexity index is 1170. The van der Waals surface area contributed by atoms with Crippen LogP contribution in [0.1, 0.15) is 0 Å². The second kappa shape index (κ2) is 5.38. The van der Waals surface area contributed by atoms with Crippen LogP contribution in [-0.2, 0) is 10.0 Å². The molecule has 4 rings (SSSR count). The number of imidazole rings is 1. The molecule has 0 spiro atoms. The van der Waals surface area contributed by atoms with Crippen molar-refractivity contribution in [3.63, 3.8) is 0 Å². The maximum absolute atomic E-state index is 13.1. The highest BCUT2D eigenvalue weighted by Gasteiger charge is 2.24. The van der Waals surface area contributed by atoms with Gasteiger partial charge >= 0.3 is 0 Å². The Kier molecular flexibility index (Phi) is 3.29. The molecule has 0 radical (unpaired) electrons. The number of nitrogens with two attached hydrogens (primary N) is 1. The van der Waals surface area contributed by atoms with E-state index in [1.54, 1.807) is 12.1 Å². The van der Waals surface area contributed by atoms with Crippen molar-refractivity contribution in [1.29, 1.82) is 0 Å². The zero-order valence-corrected chi connectivity index (χ0v) is 13.3. The van der Waals surface area contributed by atoms with Gasteiger partial charge in [0.15, 0.2) is 11.4 Å². The molecule has 3 heterocycles. The van der Waals surface area contributed by atoms with Crippen molar-refractivity contribution in [3.05, 3.63) is 54.8 Å². The zero-order chi connectivity index (χ0) is 17.6. The number of hydrogen-bond donors (Lipinski definition) is 1. The number of nitrogen functional groups attached to an aromatic ring is 1. The summed E-state index contributed by atoms with van der Waals surface area (Å²) in [6.45, 7) is 0. The third-order valence-electron chi connectivity index (χ3n) is 3.51. The summed E-state index contributed by atoms with van der Waals surface area (Å²) >= 11 is 0. The molecule has 0 atom stereocenters. The number of furan rings is 1. The van der Waals surface area contributed by atoms with Gasteiger partial charge in [0.25, 0.3) is 10.0 Å². The van der Waals surface area contributed by atoms with E-state index in [-0.39, 0.29) is 27.7 Å². The lowest BCUT2D eigenvalue weighted by atomic mass is 10.3. The van der Waals surface area contributed by atoms with Crippen LogP contribution in [0.3, 0.4) is 0 Å². The van der Waals surface area contributed by atoms with Crippen LogP contribution < -0.4 is 5.73 Å². The summed E-state index contributed by atoms with van der Waals surface area (Å²) in [5.74, 6) is -0.292. The fourth-order valence-corrected chi connectivity index (χ4v) is 3.61. The second-order valence-electron chi connectivity index (χ2n) is 5.08. The fraction of sp³-hybridized carbons (Fsp3) is 0. The summed E-state index contributed by atoms with van der Waals surface area (Å²) in [6, 6.07) is 7.75. The topological polar surface area (TPSA) is 117 Å². The quantitative estimate of drug-likeness (QED) is 0.595. The van der Waals surface area contributed by atoms with E-state index < -0.39 is 15.8 Å². The zero-order valence-electron chi connectivity index (χ0n) is 12.5. The van der Waals surface area contributed by atoms with Gasteiger partial charge in [0.1, 0.15) is 23.4 Å². The molecule has 1 aromatic carbocycles. The Morgan fingerprint density at radius 3 is 2.56 bits per heavy atom. The van der Waals surface area contributed by atoms with Crippen LogP contribution in [0.2, 0.25) is 0 Å². The van der Waals surface area contributed by atoms with Crippen LogP contribution in [0, 0.1) is 5.82 Å². The summed E-state index contributed by atoms with van der Waals surface area (Å²) in [5.41, 5.74) is 6.21. The Morgan fingerprint density at radius 1 is 1.12 bits per heavy atom. The number of nitrogens with zero attached hydrogens (tertiary/aromatic N) is 4. The highest BCUT2D eigenvalue weighted by molar-refractivity contribution is 7.90. The van der Waals surface area contributed by atoms with Crippen molar-refractivity contribution in [1.82, 2.24) is 18.9 Å². The van der Waals surface area contributed by atoms with Gasteiger partial charge in [-0.1, -0.05) is 0 Å². The number of aromatic nitrogens is 4. The number of benzene rings is 1. The molecule has 10 heteroatoms. The predicted molar refractivity (Wildman–Crippen MR) is 86.4 cm³/mol. The Labute approximate surface area is 140 Å². The van der Waals surface area contributed by atoms with Crippen LogP contribution in [0.25, 0.3) is 22.6 Å². The Hall–Kier alpha value is -3.27. The standard InChI is InChI=1S/C15H10FN5O3S/c16-9-3-5-10(6-4-9)25(22,23)21-8-18-13-12(11-2-1-7-24-11)19-15(17)20-14(13)21/h1-8H,(H2,17,19,20). The van der Waals surface area contributed by atoms with Gasteiger partial charge in [-0.3, -0.25) is 0 Å². The minimum Gasteiger partial charge on any atom is -0.463 e. The molecular weight excluding hydrogens is 349 g/mol. The molecule has 3 aromatic heterocycles. The predicted octanol–water partition coefficient (Wildman–Crippen LogP) is 2.04. The van der Waals surface area contributed by atoms with Gasteiger partial charge in [-0.2, -0.15) is 4.98 Å². The number of halogens is 1. The fourth-order valence-electron chi connectivity index (χ4n) is 2.38. The molecule has 0 bridgehead atoms. The average molecular weight is 359 g/mol. The van der Waals surface area contributed by atoms with Crippen LogP contribution >= 0.6 is 0 Å². The smallest absolute Gasteiger partial charge is 0.270 e. The molecule has 0 aliphatic rings. The molecular formula is C15H10FN5O3S. The maximum atomic E-state index is 13.1. The minimum absolute atomic E-state index is 0.00299. The first kappa shape index (κ1) is 15.3. The van der Waals surface area contributed by atoms with E-state index in [2.05, 4.69) is 15.0 Å². The molecule has 0 fully saturated rings. The van der Waals surface area contributed by atoms with Crippen molar-refractivity contribution in [2.45, 2.75) is 4.90 Å². The first-order valence-electron chi connectivity index (χ1n) is 7.02. The lowest BCUT2D eigenvalue weighted by molar-refractivity contribution is 0.580. The summed E-state index contributed by atoms with van der Waals surface area (Å²) in [6.07, 6.45) is 2.55. The average Bonchev–Trinajstić information content (AvgIpc) is 3.24. The lowest BCUT2D eigenvalue weighted by Crippen LogP contribution is -2.13. The Morgan fingerprint density at radius 2 is 1.88 bits per heavy atom. The number of rotatable bonds is 3. The van der Waals surface area contributed by atoms with Gasteiger partial charge in [-0.25, -0.2) is 26.7 Å². The van der Waals surface area contributed by atoms with Crippen LogP contribution in [0.15, 0.2) is 58.3 Å². The summed E-state index contributed by atoms with van der Waals surface area (Å²) in [7, 11) is -4.03. The molecule has 0 amide bonds. The highest BCUT2D eigenvalue weighted by Crippen LogP contribution is 2.28. The van der Waals surface area contributed by atoms with E-state index in [9.17, 15) is 12.8 Å². The highest BCUT2D eigenvalue weighted by atomic mass is 32.2. The molecule has 0 saturated carbocycles. The summed E-state index contributed by atoms with van der Waals surface area (Å²) in [4.78, 5) is 12.1. The first-order valence-corrected chi connectivity index (χ1v) is 8.46. The number of anilines is 1. The van der Waals surface area contributed by atoms with Crippen molar-refractivity contribution in [2.75, 3.05) is 5.73 Å². The first-order chi connectivity index (χ1) is 12.0. The molecule has 2 N–H and O–H groups in total. The van der Waals surface area contributed by atoms with E-state index in [0.29, 0.717) is 5.76 Å². The van der Waals surface area contributed by atoms with Crippen molar-refractivity contribution in [2.24, 2.45) is 0 Å². The Balaban J connectivity index is 1.96. The molecule has 25 heavy (non-hydrogen) atoms. The van der Waals surface area contributed by atoms with Crippen LogP contribution in [0.4, 0.5) is 10.3 Å². The summed E-state index contributed by atoms with van der Waals surface area (Å²) < 4.78 is 44.8. The molecule has 126 valence electrons. The van der Waals surface area contributed by atoms with Gasteiger partial charge < -0.3 is 10.2 Å². The molecule has 0 unspecified atom stereocenters. The molecule has 0 saturated heterocycles. The van der Waals surface area contributed by atoms with E-state index in [0.717, 1.165) is 34.6 Å². The summed E-state index contributed by atoms with van der Waals surface area (Å²) in [5, 5.41) is 0. The normalized spacial score (nSPS) is 11.9. The third-order valence-corrected chi connectivity index (χ3v) is 5.16.